The number of carbonyl (C=O) groups is 1. The van der Waals surface area contributed by atoms with E-state index in [0.717, 1.165) is 38.8 Å². The summed E-state index contributed by atoms with van der Waals surface area (Å²) in [6, 6.07) is 8.11. The number of hydrogen-bond acceptors (Lipinski definition) is 4. The second kappa shape index (κ2) is 8.36. The number of hydrogen-bond donors (Lipinski definition) is 1. The van der Waals surface area contributed by atoms with Crippen LogP contribution in [0.15, 0.2) is 53.7 Å². The number of rotatable bonds is 4. The van der Waals surface area contributed by atoms with Gasteiger partial charge in [0.25, 0.3) is 5.56 Å². The number of halogens is 4. The Morgan fingerprint density at radius 2 is 1.94 bits per heavy atom. The van der Waals surface area contributed by atoms with E-state index in [0.29, 0.717) is 10.7 Å². The molecule has 4 aromatic rings. The third kappa shape index (κ3) is 4.47. The van der Waals surface area contributed by atoms with Crippen molar-refractivity contribution in [3.8, 4) is 5.69 Å². The zero-order chi connectivity index (χ0) is 23.9. The number of benzene rings is 2. The fourth-order valence-electron chi connectivity index (χ4n) is 3.47. The second-order valence-corrected chi connectivity index (χ2v) is 7.91. The zero-order valence-corrected chi connectivity index (χ0v) is 18.2. The van der Waals surface area contributed by atoms with E-state index in [4.69, 9.17) is 11.6 Å². The van der Waals surface area contributed by atoms with E-state index in [-0.39, 0.29) is 23.3 Å². The SMILES string of the molecule is Cc1cc(C)c(NC(=O)Cn2cnc3c(cnn3-c3cccc(C(F)(F)F)c3)c2=O)c(Cl)c1. The minimum Gasteiger partial charge on any atom is -0.323 e. The highest BCUT2D eigenvalue weighted by Gasteiger charge is 2.30. The van der Waals surface area contributed by atoms with Gasteiger partial charge in [0.15, 0.2) is 5.65 Å². The molecule has 2 heterocycles. The van der Waals surface area contributed by atoms with Crippen LogP contribution in [0, 0.1) is 13.8 Å². The molecule has 11 heteroatoms. The van der Waals surface area contributed by atoms with Crippen molar-refractivity contribution in [3.63, 3.8) is 0 Å². The molecule has 7 nitrogen and oxygen atoms in total. The number of fused-ring (bicyclic) bond motifs is 1. The van der Waals surface area contributed by atoms with Crippen LogP contribution in [0.2, 0.25) is 5.02 Å². The molecule has 2 aromatic carbocycles. The summed E-state index contributed by atoms with van der Waals surface area (Å²) in [5, 5.41) is 7.16. The largest absolute Gasteiger partial charge is 0.416 e. The molecule has 0 aliphatic carbocycles. The standard InChI is InChI=1S/C22H17ClF3N5O2/c1-12-6-13(2)19(17(23)7-12)29-18(32)10-30-11-27-20-16(21(30)33)9-28-31(20)15-5-3-4-14(8-15)22(24,25)26/h3-9,11H,10H2,1-2H3,(H,29,32). The lowest BCUT2D eigenvalue weighted by Gasteiger charge is -2.12. The third-order valence-electron chi connectivity index (χ3n) is 4.98. The number of anilines is 1. The number of alkyl halides is 3. The normalized spacial score (nSPS) is 11.7. The van der Waals surface area contributed by atoms with Crippen molar-refractivity contribution < 1.29 is 18.0 Å². The summed E-state index contributed by atoms with van der Waals surface area (Å²) in [5.74, 6) is -0.489. The smallest absolute Gasteiger partial charge is 0.323 e. The number of amides is 1. The van der Waals surface area contributed by atoms with Gasteiger partial charge in [0.1, 0.15) is 18.3 Å². The molecule has 0 aliphatic heterocycles. The summed E-state index contributed by atoms with van der Waals surface area (Å²) in [6.07, 6.45) is -2.16. The fourth-order valence-corrected chi connectivity index (χ4v) is 3.84. The fraction of sp³-hybridized carbons (Fsp3) is 0.182. The van der Waals surface area contributed by atoms with Crippen molar-refractivity contribution in [3.05, 3.63) is 81.0 Å². The Labute approximate surface area is 190 Å². The lowest BCUT2D eigenvalue weighted by Crippen LogP contribution is -2.28. The first-order valence-corrected chi connectivity index (χ1v) is 10.1. The highest BCUT2D eigenvalue weighted by Crippen LogP contribution is 2.30. The highest BCUT2D eigenvalue weighted by atomic mass is 35.5. The Kier molecular flexibility index (Phi) is 5.71. The average Bonchev–Trinajstić information content (AvgIpc) is 3.17. The molecule has 1 amide bonds. The van der Waals surface area contributed by atoms with E-state index in [2.05, 4.69) is 15.4 Å². The van der Waals surface area contributed by atoms with E-state index in [1.807, 2.05) is 13.0 Å². The number of aromatic nitrogens is 4. The molecule has 0 saturated carbocycles. The van der Waals surface area contributed by atoms with Crippen LogP contribution in [-0.2, 0) is 17.5 Å². The molecule has 0 fully saturated rings. The van der Waals surface area contributed by atoms with Gasteiger partial charge in [0, 0.05) is 0 Å². The van der Waals surface area contributed by atoms with Gasteiger partial charge in [-0.3, -0.25) is 14.2 Å². The summed E-state index contributed by atoms with van der Waals surface area (Å²) in [4.78, 5) is 29.5. The molecule has 0 spiro atoms. The second-order valence-electron chi connectivity index (χ2n) is 7.51. The third-order valence-corrected chi connectivity index (χ3v) is 5.28. The van der Waals surface area contributed by atoms with Crippen molar-refractivity contribution in [1.29, 1.82) is 0 Å². The first-order chi connectivity index (χ1) is 15.5. The summed E-state index contributed by atoms with van der Waals surface area (Å²) >= 11 is 6.21. The van der Waals surface area contributed by atoms with Gasteiger partial charge in [0.05, 0.1) is 28.2 Å². The predicted octanol–water partition coefficient (Wildman–Crippen LogP) is 4.51. The van der Waals surface area contributed by atoms with Crippen LogP contribution in [0.3, 0.4) is 0 Å². The van der Waals surface area contributed by atoms with Gasteiger partial charge >= 0.3 is 6.18 Å². The maximum absolute atomic E-state index is 13.0. The van der Waals surface area contributed by atoms with Crippen LogP contribution in [0.25, 0.3) is 16.7 Å². The quantitative estimate of drug-likeness (QED) is 0.471. The van der Waals surface area contributed by atoms with E-state index in [9.17, 15) is 22.8 Å². The molecule has 33 heavy (non-hydrogen) atoms. The van der Waals surface area contributed by atoms with Crippen LogP contribution < -0.4 is 10.9 Å². The van der Waals surface area contributed by atoms with Gasteiger partial charge in [-0.05, 0) is 49.2 Å². The predicted molar refractivity (Wildman–Crippen MR) is 118 cm³/mol. The van der Waals surface area contributed by atoms with Gasteiger partial charge < -0.3 is 5.32 Å². The number of carbonyl (C=O) groups excluding carboxylic acids is 1. The molecule has 2 aromatic heterocycles. The zero-order valence-electron chi connectivity index (χ0n) is 17.4. The Bertz CT molecular complexity index is 1420. The van der Waals surface area contributed by atoms with Crippen LogP contribution in [0.5, 0.6) is 0 Å². The molecule has 0 bridgehead atoms. The van der Waals surface area contributed by atoms with Crippen LogP contribution >= 0.6 is 11.6 Å². The molecule has 0 radical (unpaired) electrons. The molecular formula is C22H17ClF3N5O2. The highest BCUT2D eigenvalue weighted by molar-refractivity contribution is 6.34. The van der Waals surface area contributed by atoms with Gasteiger partial charge in [0.2, 0.25) is 5.91 Å². The Balaban J connectivity index is 1.63. The maximum atomic E-state index is 13.0. The van der Waals surface area contributed by atoms with E-state index >= 15 is 0 Å². The van der Waals surface area contributed by atoms with Gasteiger partial charge in [-0.2, -0.15) is 18.3 Å². The van der Waals surface area contributed by atoms with Crippen molar-refractivity contribution in [1.82, 2.24) is 19.3 Å². The van der Waals surface area contributed by atoms with Crippen molar-refractivity contribution in [2.45, 2.75) is 26.6 Å². The minimum atomic E-state index is -4.52. The lowest BCUT2D eigenvalue weighted by molar-refractivity contribution is -0.137. The average molecular weight is 476 g/mol. The van der Waals surface area contributed by atoms with E-state index in [1.165, 1.54) is 18.3 Å². The molecule has 0 unspecified atom stereocenters. The lowest BCUT2D eigenvalue weighted by atomic mass is 10.1. The van der Waals surface area contributed by atoms with Crippen LogP contribution in [0.1, 0.15) is 16.7 Å². The van der Waals surface area contributed by atoms with E-state index in [1.54, 1.807) is 13.0 Å². The van der Waals surface area contributed by atoms with Crippen LogP contribution in [0.4, 0.5) is 18.9 Å². The summed E-state index contributed by atoms with van der Waals surface area (Å²) in [6.45, 7) is 3.35. The van der Waals surface area contributed by atoms with Crippen LogP contribution in [-0.4, -0.2) is 25.2 Å². The first-order valence-electron chi connectivity index (χ1n) is 9.72. The summed E-state index contributed by atoms with van der Waals surface area (Å²) in [5.41, 5.74) is 0.946. The molecule has 170 valence electrons. The molecule has 0 saturated heterocycles. The Morgan fingerprint density at radius 1 is 1.18 bits per heavy atom. The Hall–Kier alpha value is -3.66. The maximum Gasteiger partial charge on any atom is 0.416 e. The number of aryl methyl sites for hydroxylation is 2. The first kappa shape index (κ1) is 22.5. The van der Waals surface area contributed by atoms with Gasteiger partial charge in [-0.15, -0.1) is 0 Å². The van der Waals surface area contributed by atoms with Gasteiger partial charge in [-0.1, -0.05) is 23.7 Å². The molecule has 0 atom stereocenters. The van der Waals surface area contributed by atoms with Crippen molar-refractivity contribution in [2.24, 2.45) is 0 Å². The minimum absolute atomic E-state index is 0.0623. The van der Waals surface area contributed by atoms with E-state index < -0.39 is 23.2 Å². The van der Waals surface area contributed by atoms with Crippen molar-refractivity contribution in [2.75, 3.05) is 5.32 Å². The van der Waals surface area contributed by atoms with Gasteiger partial charge in [-0.25, -0.2) is 9.67 Å². The molecule has 4 rings (SSSR count). The topological polar surface area (TPSA) is 81.8 Å². The molecule has 1 N–H and O–H groups in total. The summed E-state index contributed by atoms with van der Waals surface area (Å²) in [7, 11) is 0. The summed E-state index contributed by atoms with van der Waals surface area (Å²) < 4.78 is 41.4. The Morgan fingerprint density at radius 3 is 2.64 bits per heavy atom. The molecule has 0 aliphatic rings. The molecular weight excluding hydrogens is 459 g/mol. The number of nitrogens with zero attached hydrogens (tertiary/aromatic N) is 4. The van der Waals surface area contributed by atoms with Crippen molar-refractivity contribution >= 4 is 34.2 Å². The monoisotopic (exact) mass is 475 g/mol. The number of nitrogens with one attached hydrogen (secondary N) is 1.